The second kappa shape index (κ2) is 18.0. The zero-order valence-corrected chi connectivity index (χ0v) is 20.2. The summed E-state index contributed by atoms with van der Waals surface area (Å²) in [5.41, 5.74) is 5.67. The molecule has 0 saturated heterocycles. The van der Waals surface area contributed by atoms with Gasteiger partial charge in [0.2, 0.25) is 29.5 Å². The van der Waals surface area contributed by atoms with Gasteiger partial charge < -0.3 is 37.4 Å². The van der Waals surface area contributed by atoms with Gasteiger partial charge in [-0.15, -0.1) is 0 Å². The fraction of sp³-hybridized carbons (Fsp3) is 0.667. The van der Waals surface area contributed by atoms with Gasteiger partial charge in [-0.05, 0) is 36.9 Å². The molecule has 0 aliphatic rings. The largest absolute Gasteiger partial charge is 0.480 e. The second-order valence-corrected chi connectivity index (χ2v) is 8.65. The van der Waals surface area contributed by atoms with Crippen molar-refractivity contribution in [2.24, 2.45) is 5.73 Å². The Morgan fingerprint density at radius 3 is 1.61 bits per heavy atom. The van der Waals surface area contributed by atoms with Gasteiger partial charge in [0.15, 0.2) is 0 Å². The molecule has 33 heavy (non-hydrogen) atoms. The van der Waals surface area contributed by atoms with Gasteiger partial charge in [0, 0.05) is 0 Å². The summed E-state index contributed by atoms with van der Waals surface area (Å²) in [4.78, 5) is 69.7. The summed E-state index contributed by atoms with van der Waals surface area (Å²) < 4.78 is 0. The Morgan fingerprint density at radius 1 is 0.727 bits per heavy atom. The minimum Gasteiger partial charge on any atom is -0.480 e. The van der Waals surface area contributed by atoms with Crippen LogP contribution in [0.3, 0.4) is 0 Å². The van der Waals surface area contributed by atoms with E-state index in [1.54, 1.807) is 11.8 Å². The van der Waals surface area contributed by atoms with E-state index in [-0.39, 0.29) is 13.0 Å². The molecule has 2 atom stereocenters. The molecule has 0 aromatic rings. The quantitative estimate of drug-likeness (QED) is 0.105. The van der Waals surface area contributed by atoms with Gasteiger partial charge in [-0.25, -0.2) is 4.79 Å². The van der Waals surface area contributed by atoms with E-state index in [0.29, 0.717) is 17.9 Å². The molecule has 13 nitrogen and oxygen atoms in total. The topological polar surface area (TPSA) is 209 Å². The molecule has 0 saturated carbocycles. The van der Waals surface area contributed by atoms with Crippen LogP contribution in [0.1, 0.15) is 12.8 Å². The number of carbonyl (C=O) groups excluding carboxylic acids is 5. The smallest absolute Gasteiger partial charge is 0.326 e. The predicted molar refractivity (Wildman–Crippen MR) is 126 cm³/mol. The number of carbonyl (C=O) groups is 6. The molecule has 8 N–H and O–H groups in total. The summed E-state index contributed by atoms with van der Waals surface area (Å²) in [6.45, 7) is -1.66. The van der Waals surface area contributed by atoms with Gasteiger partial charge in [-0.3, -0.25) is 24.0 Å². The molecule has 5 amide bonds. The van der Waals surface area contributed by atoms with Crippen LogP contribution in [-0.4, -0.2) is 103 Å². The number of rotatable bonds is 17. The highest BCUT2D eigenvalue weighted by Gasteiger charge is 2.19. The third kappa shape index (κ3) is 15.8. The number of thioether (sulfide) groups is 2. The lowest BCUT2D eigenvalue weighted by atomic mass is 10.2. The normalized spacial score (nSPS) is 12.1. The van der Waals surface area contributed by atoms with Crippen LogP contribution >= 0.6 is 23.5 Å². The van der Waals surface area contributed by atoms with Crippen LogP contribution in [0, 0.1) is 0 Å². The van der Waals surface area contributed by atoms with Crippen molar-refractivity contribution in [2.45, 2.75) is 24.9 Å². The predicted octanol–water partition coefficient (Wildman–Crippen LogP) is -3.15. The Kier molecular flexibility index (Phi) is 16.6. The van der Waals surface area contributed by atoms with Crippen molar-refractivity contribution in [3.8, 4) is 0 Å². The monoisotopic (exact) mass is 508 g/mol. The van der Waals surface area contributed by atoms with Crippen LogP contribution in [0.15, 0.2) is 0 Å². The third-order valence-corrected chi connectivity index (χ3v) is 5.26. The Labute approximate surface area is 200 Å². The van der Waals surface area contributed by atoms with Crippen LogP contribution < -0.4 is 32.3 Å². The Balaban J connectivity index is 4.07. The molecule has 0 aromatic heterocycles. The average molecular weight is 509 g/mol. The molecular formula is C18H32N6O7S2. The van der Waals surface area contributed by atoms with Crippen molar-refractivity contribution in [1.82, 2.24) is 26.6 Å². The first-order valence-electron chi connectivity index (χ1n) is 9.94. The van der Waals surface area contributed by atoms with Crippen molar-refractivity contribution in [3.05, 3.63) is 0 Å². The van der Waals surface area contributed by atoms with Crippen LogP contribution in [0.25, 0.3) is 0 Å². The van der Waals surface area contributed by atoms with Crippen molar-refractivity contribution < 1.29 is 33.9 Å². The molecule has 15 heteroatoms. The summed E-state index contributed by atoms with van der Waals surface area (Å²) in [5, 5.41) is 20.5. The van der Waals surface area contributed by atoms with Gasteiger partial charge in [-0.2, -0.15) is 23.5 Å². The molecule has 0 spiro atoms. The molecule has 188 valence electrons. The number of hydrogen-bond donors (Lipinski definition) is 7. The maximum Gasteiger partial charge on any atom is 0.326 e. The van der Waals surface area contributed by atoms with E-state index < -0.39 is 67.2 Å². The van der Waals surface area contributed by atoms with E-state index in [2.05, 4.69) is 26.6 Å². The fourth-order valence-electron chi connectivity index (χ4n) is 2.14. The van der Waals surface area contributed by atoms with Gasteiger partial charge in [0.1, 0.15) is 6.04 Å². The third-order valence-electron chi connectivity index (χ3n) is 3.98. The minimum absolute atomic E-state index is 0.243. The Hall–Kier alpha value is -2.52. The number of carboxylic acids is 1. The number of nitrogens with one attached hydrogen (secondary N) is 5. The zero-order chi connectivity index (χ0) is 25.2. The van der Waals surface area contributed by atoms with Gasteiger partial charge >= 0.3 is 5.97 Å². The minimum atomic E-state index is -1.17. The molecule has 0 fully saturated rings. The van der Waals surface area contributed by atoms with E-state index >= 15 is 0 Å². The lowest BCUT2D eigenvalue weighted by Crippen LogP contribution is -2.48. The molecule has 0 rings (SSSR count). The molecule has 0 radical (unpaired) electrons. The van der Waals surface area contributed by atoms with Crippen molar-refractivity contribution >= 4 is 59.0 Å². The van der Waals surface area contributed by atoms with Crippen molar-refractivity contribution in [3.63, 3.8) is 0 Å². The van der Waals surface area contributed by atoms with Crippen molar-refractivity contribution in [2.75, 3.05) is 50.2 Å². The van der Waals surface area contributed by atoms with Crippen LogP contribution in [0.5, 0.6) is 0 Å². The molecule has 0 bridgehead atoms. The molecule has 0 aliphatic carbocycles. The van der Waals surface area contributed by atoms with E-state index in [1.165, 1.54) is 11.8 Å². The summed E-state index contributed by atoms with van der Waals surface area (Å²) in [7, 11) is 0. The molecule has 0 aromatic carbocycles. The zero-order valence-electron chi connectivity index (χ0n) is 18.6. The summed E-state index contributed by atoms with van der Waals surface area (Å²) >= 11 is 2.99. The van der Waals surface area contributed by atoms with Crippen LogP contribution in [-0.2, 0) is 28.8 Å². The second-order valence-electron chi connectivity index (χ2n) is 6.68. The molecular weight excluding hydrogens is 476 g/mol. The van der Waals surface area contributed by atoms with E-state index in [0.717, 1.165) is 0 Å². The molecule has 0 heterocycles. The number of carboxylic acid groups (broad SMARTS) is 1. The van der Waals surface area contributed by atoms with E-state index in [1.807, 2.05) is 12.5 Å². The lowest BCUT2D eigenvalue weighted by Gasteiger charge is -2.14. The maximum atomic E-state index is 11.8. The summed E-state index contributed by atoms with van der Waals surface area (Å²) in [6.07, 6.45) is 4.41. The average Bonchev–Trinajstić information content (AvgIpc) is 2.78. The summed E-state index contributed by atoms with van der Waals surface area (Å²) in [6, 6.07) is -1.78. The van der Waals surface area contributed by atoms with Crippen LogP contribution in [0.4, 0.5) is 0 Å². The van der Waals surface area contributed by atoms with E-state index in [4.69, 9.17) is 10.8 Å². The fourth-order valence-corrected chi connectivity index (χ4v) is 3.10. The van der Waals surface area contributed by atoms with Crippen LogP contribution in [0.2, 0.25) is 0 Å². The van der Waals surface area contributed by atoms with Gasteiger partial charge in [-0.1, -0.05) is 0 Å². The Morgan fingerprint density at radius 2 is 1.15 bits per heavy atom. The first kappa shape index (κ1) is 30.5. The van der Waals surface area contributed by atoms with Gasteiger partial charge in [0.25, 0.3) is 0 Å². The summed E-state index contributed by atoms with van der Waals surface area (Å²) in [5.74, 6) is -3.00. The molecule has 2 unspecified atom stereocenters. The lowest BCUT2D eigenvalue weighted by molar-refractivity contribution is -0.141. The number of aliphatic carboxylic acids is 1. The van der Waals surface area contributed by atoms with Gasteiger partial charge in [0.05, 0.1) is 32.2 Å². The standard InChI is InChI=1S/C18H32N6O7S2/c1-32-5-3-11(19)17(29)23-9-15(27)21-7-13(25)20-8-14(26)22-10-16(28)24-12(18(30)31)4-6-33-2/h11-12H,3-10,19H2,1-2H3,(H,20,25)(H,21,27)(H,22,26)(H,23,29)(H,24,28)(H,30,31). The highest BCUT2D eigenvalue weighted by atomic mass is 32.2. The molecule has 0 aliphatic heterocycles. The number of nitrogens with two attached hydrogens (primary N) is 1. The van der Waals surface area contributed by atoms with Crippen molar-refractivity contribution in [1.29, 1.82) is 0 Å². The first-order valence-corrected chi connectivity index (χ1v) is 12.7. The maximum absolute atomic E-state index is 11.8. The SMILES string of the molecule is CSCCC(N)C(=O)NCC(=O)NCC(=O)NCC(=O)NCC(=O)NC(CCSC)C(=O)O. The first-order chi connectivity index (χ1) is 15.6. The Bertz CT molecular complexity index is 695. The highest BCUT2D eigenvalue weighted by Crippen LogP contribution is 2.01. The number of amides is 5. The van der Waals surface area contributed by atoms with E-state index in [9.17, 15) is 28.8 Å². The highest BCUT2D eigenvalue weighted by molar-refractivity contribution is 7.98. The number of hydrogen-bond acceptors (Lipinski definition) is 9.